The van der Waals surface area contributed by atoms with E-state index >= 15 is 0 Å². The smallest absolute Gasteiger partial charge is 0.256 e. The average molecular weight is 552 g/mol. The molecule has 3 aliphatic heterocycles. The lowest BCUT2D eigenvalue weighted by atomic mass is 9.77. The van der Waals surface area contributed by atoms with Crippen LogP contribution in [0.25, 0.3) is 0 Å². The Balaban J connectivity index is 1.44. The number of nitro groups is 1. The quantitative estimate of drug-likeness (QED) is 0.307. The van der Waals surface area contributed by atoms with Crippen molar-refractivity contribution in [2.24, 2.45) is 0 Å². The number of fused-ring (bicyclic) bond motifs is 4. The van der Waals surface area contributed by atoms with Crippen molar-refractivity contribution in [2.45, 2.75) is 49.9 Å². The molecule has 3 aromatic carbocycles. The topological polar surface area (TPSA) is 93.9 Å². The number of nitrogens with one attached hydrogen (secondary N) is 1. The predicted octanol–water partition coefficient (Wildman–Crippen LogP) is 5.51. The molecule has 39 heavy (non-hydrogen) atoms. The summed E-state index contributed by atoms with van der Waals surface area (Å²) in [5, 5.41) is 16.0. The van der Waals surface area contributed by atoms with Crippen LogP contribution in [-0.4, -0.2) is 41.0 Å². The standard InChI is InChI=1S/C29H27ClFN3O5/c1-2-38-24-15-18(14-21(30)26(24)39-16-17-7-5-8-19(31)13-17)25-23-11-6-12-33(23)29(27(25)34(36)37)20-9-3-4-10-22(20)32-28(29)35/h3-5,7-10,13-15,23,25,27H,2,6,11-12,16H2,1H3,(H,32,35)/t23-,25+,27+,29+/m0/s1. The summed E-state index contributed by atoms with van der Waals surface area (Å²) in [6.07, 6.45) is 1.54. The van der Waals surface area contributed by atoms with E-state index in [4.69, 9.17) is 21.1 Å². The Morgan fingerprint density at radius 2 is 2.00 bits per heavy atom. The number of para-hydroxylation sites is 1. The third-order valence-electron chi connectivity index (χ3n) is 8.08. The molecule has 0 aliphatic carbocycles. The first-order chi connectivity index (χ1) is 18.9. The van der Waals surface area contributed by atoms with E-state index in [1.54, 1.807) is 30.3 Å². The molecule has 6 rings (SSSR count). The van der Waals surface area contributed by atoms with Crippen LogP contribution in [-0.2, 0) is 16.9 Å². The van der Waals surface area contributed by atoms with E-state index in [0.29, 0.717) is 47.7 Å². The van der Waals surface area contributed by atoms with Gasteiger partial charge in [-0.3, -0.25) is 19.8 Å². The first-order valence-electron chi connectivity index (χ1n) is 13.0. The first-order valence-corrected chi connectivity index (χ1v) is 13.4. The minimum Gasteiger partial charge on any atom is -0.490 e. The normalized spacial score (nSPS) is 25.4. The lowest BCUT2D eigenvalue weighted by Gasteiger charge is -2.32. The molecule has 3 aliphatic rings. The van der Waals surface area contributed by atoms with Gasteiger partial charge < -0.3 is 14.8 Å². The van der Waals surface area contributed by atoms with Crippen LogP contribution in [0, 0.1) is 15.9 Å². The number of carbonyl (C=O) groups excluding carboxylic acids is 1. The number of ether oxygens (including phenoxy) is 2. The summed E-state index contributed by atoms with van der Waals surface area (Å²) < 4.78 is 25.5. The van der Waals surface area contributed by atoms with Gasteiger partial charge in [0.15, 0.2) is 17.0 Å². The molecular weight excluding hydrogens is 525 g/mol. The molecule has 3 aromatic rings. The second-order valence-corrected chi connectivity index (χ2v) is 10.5. The van der Waals surface area contributed by atoms with Crippen LogP contribution in [0.2, 0.25) is 5.02 Å². The summed E-state index contributed by atoms with van der Waals surface area (Å²) in [5.41, 5.74) is 1.06. The molecule has 1 amide bonds. The molecule has 1 N–H and O–H groups in total. The Labute approximate surface area is 229 Å². The van der Waals surface area contributed by atoms with Gasteiger partial charge in [-0.05, 0) is 61.2 Å². The van der Waals surface area contributed by atoms with E-state index in [-0.39, 0.29) is 40.1 Å². The van der Waals surface area contributed by atoms with Crippen molar-refractivity contribution in [2.75, 3.05) is 18.5 Å². The summed E-state index contributed by atoms with van der Waals surface area (Å²) in [4.78, 5) is 28.2. The van der Waals surface area contributed by atoms with Crippen molar-refractivity contribution in [3.8, 4) is 11.5 Å². The van der Waals surface area contributed by atoms with Crippen molar-refractivity contribution < 1.29 is 23.6 Å². The molecule has 2 saturated heterocycles. The Kier molecular flexibility index (Phi) is 6.43. The third-order valence-corrected chi connectivity index (χ3v) is 8.36. The zero-order valence-electron chi connectivity index (χ0n) is 21.2. The van der Waals surface area contributed by atoms with Crippen molar-refractivity contribution in [3.05, 3.63) is 98.3 Å². The van der Waals surface area contributed by atoms with Gasteiger partial charge in [0.1, 0.15) is 12.4 Å². The molecule has 4 atom stereocenters. The summed E-state index contributed by atoms with van der Waals surface area (Å²) in [5.74, 6) is -0.731. The van der Waals surface area contributed by atoms with E-state index in [2.05, 4.69) is 5.32 Å². The SMILES string of the molecule is CCOc1cc([C@@H]2[C@@H]3CCCN3[C@@]3(C(=O)Nc4ccccc43)[C@@H]2[N+](=O)[O-])cc(Cl)c1OCc1cccc(F)c1. The molecule has 10 heteroatoms. The van der Waals surface area contributed by atoms with Gasteiger partial charge in [-0.25, -0.2) is 4.39 Å². The number of amides is 1. The monoisotopic (exact) mass is 551 g/mol. The van der Waals surface area contributed by atoms with Crippen LogP contribution >= 0.6 is 11.6 Å². The van der Waals surface area contributed by atoms with E-state index in [1.807, 2.05) is 30.0 Å². The van der Waals surface area contributed by atoms with Crippen molar-refractivity contribution in [1.29, 1.82) is 0 Å². The van der Waals surface area contributed by atoms with Gasteiger partial charge in [0.2, 0.25) is 0 Å². The summed E-state index contributed by atoms with van der Waals surface area (Å²) in [7, 11) is 0. The summed E-state index contributed by atoms with van der Waals surface area (Å²) >= 11 is 6.74. The molecule has 8 nitrogen and oxygen atoms in total. The van der Waals surface area contributed by atoms with E-state index < -0.39 is 17.5 Å². The molecule has 0 aromatic heterocycles. The Hall–Kier alpha value is -3.69. The van der Waals surface area contributed by atoms with Crippen molar-refractivity contribution in [1.82, 2.24) is 4.90 Å². The number of rotatable bonds is 7. The van der Waals surface area contributed by atoms with Crippen molar-refractivity contribution >= 4 is 23.2 Å². The maximum absolute atomic E-state index is 13.7. The van der Waals surface area contributed by atoms with E-state index in [0.717, 1.165) is 6.42 Å². The van der Waals surface area contributed by atoms with E-state index in [1.165, 1.54) is 12.1 Å². The number of anilines is 1. The molecule has 0 radical (unpaired) electrons. The van der Waals surface area contributed by atoms with Crippen molar-refractivity contribution in [3.63, 3.8) is 0 Å². The van der Waals surface area contributed by atoms with Crippen LogP contribution in [0.5, 0.6) is 11.5 Å². The molecule has 2 fully saturated rings. The maximum atomic E-state index is 13.7. The third kappa shape index (κ3) is 3.94. The van der Waals surface area contributed by atoms with Gasteiger partial charge in [-0.15, -0.1) is 0 Å². The number of carbonyl (C=O) groups is 1. The number of hydrogen-bond donors (Lipinski definition) is 1. The highest BCUT2D eigenvalue weighted by Crippen LogP contribution is 2.58. The highest BCUT2D eigenvalue weighted by molar-refractivity contribution is 6.32. The number of benzene rings is 3. The van der Waals surface area contributed by atoms with Gasteiger partial charge >= 0.3 is 0 Å². The lowest BCUT2D eigenvalue weighted by molar-refractivity contribution is -0.534. The molecule has 202 valence electrons. The van der Waals surface area contributed by atoms with Crippen LogP contribution < -0.4 is 14.8 Å². The summed E-state index contributed by atoms with van der Waals surface area (Å²) in [6, 6.07) is 15.2. The second kappa shape index (κ2) is 9.81. The summed E-state index contributed by atoms with van der Waals surface area (Å²) in [6.45, 7) is 2.77. The van der Waals surface area contributed by atoms with Crippen LogP contribution in [0.4, 0.5) is 10.1 Å². The van der Waals surface area contributed by atoms with E-state index in [9.17, 15) is 19.3 Å². The number of hydrogen-bond acceptors (Lipinski definition) is 6. The van der Waals surface area contributed by atoms with Gasteiger partial charge in [-0.2, -0.15) is 0 Å². The fourth-order valence-corrected chi connectivity index (χ4v) is 7.01. The molecule has 0 unspecified atom stereocenters. The molecule has 0 bridgehead atoms. The Morgan fingerprint density at radius 1 is 1.18 bits per heavy atom. The minimum absolute atomic E-state index is 0.0638. The zero-order chi connectivity index (χ0) is 27.3. The fraction of sp³-hybridized carbons (Fsp3) is 0.345. The van der Waals surface area contributed by atoms with Gasteiger partial charge in [-0.1, -0.05) is 41.9 Å². The molecule has 0 saturated carbocycles. The fourth-order valence-electron chi connectivity index (χ4n) is 6.74. The Bertz CT molecular complexity index is 1470. The molecule has 3 heterocycles. The minimum atomic E-state index is -1.42. The molecule has 1 spiro atoms. The second-order valence-electron chi connectivity index (χ2n) is 10.1. The van der Waals surface area contributed by atoms with Crippen LogP contribution in [0.15, 0.2) is 60.7 Å². The van der Waals surface area contributed by atoms with Gasteiger partial charge in [0.25, 0.3) is 11.9 Å². The Morgan fingerprint density at radius 3 is 2.77 bits per heavy atom. The lowest BCUT2D eigenvalue weighted by Crippen LogP contribution is -2.55. The highest BCUT2D eigenvalue weighted by Gasteiger charge is 2.73. The van der Waals surface area contributed by atoms with Crippen LogP contribution in [0.3, 0.4) is 0 Å². The largest absolute Gasteiger partial charge is 0.490 e. The number of halogens is 2. The average Bonchev–Trinajstić information content (AvgIpc) is 3.56. The van der Waals surface area contributed by atoms with Gasteiger partial charge in [0, 0.05) is 28.8 Å². The first kappa shape index (κ1) is 25.6. The predicted molar refractivity (Wildman–Crippen MR) is 143 cm³/mol. The molecular formula is C29H27ClFN3O5. The maximum Gasteiger partial charge on any atom is 0.256 e. The van der Waals surface area contributed by atoms with Gasteiger partial charge in [0.05, 0.1) is 17.5 Å². The number of nitrogens with zero attached hydrogens (tertiary/aromatic N) is 2. The van der Waals surface area contributed by atoms with Crippen LogP contribution in [0.1, 0.15) is 42.4 Å². The highest BCUT2D eigenvalue weighted by atomic mass is 35.5. The zero-order valence-corrected chi connectivity index (χ0v) is 22.0.